The standard InChI is InChI=1S/C13H15N3O3S/c1-3-18-12(17)9-4-5-19-10(9)7-20-13-15-8(2)6-11(14)16-13/h4-6H,3,7H2,1-2H3,(H2,14,15,16). The van der Waals surface area contributed by atoms with Gasteiger partial charge in [0.1, 0.15) is 17.1 Å². The zero-order valence-electron chi connectivity index (χ0n) is 11.3. The molecule has 0 aliphatic rings. The Balaban J connectivity index is 2.07. The van der Waals surface area contributed by atoms with Crippen molar-refractivity contribution in [3.8, 4) is 0 Å². The van der Waals surface area contributed by atoms with Crippen molar-refractivity contribution < 1.29 is 13.9 Å². The summed E-state index contributed by atoms with van der Waals surface area (Å²) in [7, 11) is 0. The Hall–Kier alpha value is -2.02. The first kappa shape index (κ1) is 14.4. The van der Waals surface area contributed by atoms with Gasteiger partial charge in [0.2, 0.25) is 0 Å². The Morgan fingerprint density at radius 1 is 1.50 bits per heavy atom. The molecule has 0 fully saturated rings. The lowest BCUT2D eigenvalue weighted by Gasteiger charge is -2.03. The first-order valence-corrected chi connectivity index (χ1v) is 7.06. The molecule has 0 saturated heterocycles. The maximum absolute atomic E-state index is 11.7. The summed E-state index contributed by atoms with van der Waals surface area (Å²) in [4.78, 5) is 20.1. The molecule has 0 unspecified atom stereocenters. The van der Waals surface area contributed by atoms with E-state index in [0.29, 0.717) is 34.7 Å². The van der Waals surface area contributed by atoms with Gasteiger partial charge in [0.05, 0.1) is 18.6 Å². The molecule has 0 bridgehead atoms. The van der Waals surface area contributed by atoms with Crippen LogP contribution in [0.3, 0.4) is 0 Å². The van der Waals surface area contributed by atoms with Gasteiger partial charge >= 0.3 is 5.97 Å². The van der Waals surface area contributed by atoms with Gasteiger partial charge in [-0.05, 0) is 19.9 Å². The van der Waals surface area contributed by atoms with Crippen molar-refractivity contribution in [3.63, 3.8) is 0 Å². The third-order valence-corrected chi connectivity index (χ3v) is 3.27. The second-order valence-corrected chi connectivity index (χ2v) is 4.93. The molecule has 2 aromatic heterocycles. The first-order chi connectivity index (χ1) is 9.60. The summed E-state index contributed by atoms with van der Waals surface area (Å²) in [6, 6.07) is 3.29. The highest BCUT2D eigenvalue weighted by Gasteiger charge is 2.16. The average molecular weight is 293 g/mol. The molecule has 20 heavy (non-hydrogen) atoms. The number of nitrogens with two attached hydrogens (primary N) is 1. The van der Waals surface area contributed by atoms with Crippen LogP contribution in [0.2, 0.25) is 0 Å². The van der Waals surface area contributed by atoms with Gasteiger partial charge in [-0.25, -0.2) is 14.8 Å². The van der Waals surface area contributed by atoms with Crippen LogP contribution in [0.25, 0.3) is 0 Å². The fourth-order valence-electron chi connectivity index (χ4n) is 1.60. The molecule has 106 valence electrons. The molecule has 2 aromatic rings. The monoisotopic (exact) mass is 293 g/mol. The summed E-state index contributed by atoms with van der Waals surface area (Å²) in [5, 5.41) is 0.550. The van der Waals surface area contributed by atoms with Crippen LogP contribution in [-0.4, -0.2) is 22.5 Å². The highest BCUT2D eigenvalue weighted by molar-refractivity contribution is 7.98. The molecule has 0 aliphatic heterocycles. The van der Waals surface area contributed by atoms with Gasteiger partial charge in [-0.3, -0.25) is 0 Å². The minimum atomic E-state index is -0.387. The SMILES string of the molecule is CCOC(=O)c1ccoc1CSc1nc(C)cc(N)n1. The van der Waals surface area contributed by atoms with Gasteiger partial charge < -0.3 is 14.9 Å². The van der Waals surface area contributed by atoms with E-state index in [1.807, 2.05) is 6.92 Å². The molecule has 0 atom stereocenters. The minimum absolute atomic E-state index is 0.328. The molecule has 0 aromatic carbocycles. The van der Waals surface area contributed by atoms with Crippen LogP contribution in [0.15, 0.2) is 28.0 Å². The summed E-state index contributed by atoms with van der Waals surface area (Å²) in [5.41, 5.74) is 6.89. The van der Waals surface area contributed by atoms with Crippen LogP contribution >= 0.6 is 11.8 Å². The van der Waals surface area contributed by atoms with Crippen molar-refractivity contribution in [3.05, 3.63) is 35.4 Å². The smallest absolute Gasteiger partial charge is 0.341 e. The Labute approximate surface area is 120 Å². The van der Waals surface area contributed by atoms with Crippen molar-refractivity contribution in [2.75, 3.05) is 12.3 Å². The van der Waals surface area contributed by atoms with Crippen LogP contribution in [0.4, 0.5) is 5.82 Å². The number of hydrogen-bond acceptors (Lipinski definition) is 7. The molecular weight excluding hydrogens is 278 g/mol. The van der Waals surface area contributed by atoms with Crippen molar-refractivity contribution >= 4 is 23.5 Å². The van der Waals surface area contributed by atoms with E-state index in [0.717, 1.165) is 5.69 Å². The minimum Gasteiger partial charge on any atom is -0.468 e. The fraction of sp³-hybridized carbons (Fsp3) is 0.308. The second kappa shape index (κ2) is 6.42. The Bertz CT molecular complexity index is 592. The van der Waals surface area contributed by atoms with Crippen LogP contribution in [0.1, 0.15) is 28.7 Å². The normalized spacial score (nSPS) is 10.5. The number of rotatable bonds is 5. The summed E-state index contributed by atoms with van der Waals surface area (Å²) in [6.07, 6.45) is 1.47. The van der Waals surface area contributed by atoms with Crippen molar-refractivity contribution in [2.24, 2.45) is 0 Å². The lowest BCUT2D eigenvalue weighted by molar-refractivity contribution is 0.0524. The van der Waals surface area contributed by atoms with Gasteiger partial charge in [-0.1, -0.05) is 11.8 Å². The molecule has 2 N–H and O–H groups in total. The van der Waals surface area contributed by atoms with Crippen molar-refractivity contribution in [2.45, 2.75) is 24.8 Å². The number of thioether (sulfide) groups is 1. The lowest BCUT2D eigenvalue weighted by Crippen LogP contribution is -2.05. The molecule has 6 nitrogen and oxygen atoms in total. The maximum atomic E-state index is 11.7. The largest absolute Gasteiger partial charge is 0.468 e. The van der Waals surface area contributed by atoms with E-state index in [2.05, 4.69) is 9.97 Å². The molecule has 2 heterocycles. The van der Waals surface area contributed by atoms with Crippen LogP contribution in [0.5, 0.6) is 0 Å². The topological polar surface area (TPSA) is 91.2 Å². The third-order valence-electron chi connectivity index (χ3n) is 2.43. The number of ether oxygens (including phenoxy) is 1. The van der Waals surface area contributed by atoms with Gasteiger partial charge in [-0.2, -0.15) is 0 Å². The first-order valence-electron chi connectivity index (χ1n) is 6.07. The van der Waals surface area contributed by atoms with E-state index in [4.69, 9.17) is 14.9 Å². The number of hydrogen-bond donors (Lipinski definition) is 1. The highest BCUT2D eigenvalue weighted by Crippen LogP contribution is 2.23. The van der Waals surface area contributed by atoms with Gasteiger partial charge in [-0.15, -0.1) is 0 Å². The average Bonchev–Trinajstić information content (AvgIpc) is 2.84. The van der Waals surface area contributed by atoms with E-state index in [9.17, 15) is 4.79 Å². The van der Waals surface area contributed by atoms with E-state index < -0.39 is 0 Å². The van der Waals surface area contributed by atoms with Gasteiger partial charge in [0.15, 0.2) is 5.16 Å². The van der Waals surface area contributed by atoms with E-state index in [1.165, 1.54) is 18.0 Å². The maximum Gasteiger partial charge on any atom is 0.341 e. The molecular formula is C13H15N3O3S. The van der Waals surface area contributed by atoms with E-state index >= 15 is 0 Å². The number of carbonyl (C=O) groups is 1. The number of aromatic nitrogens is 2. The molecule has 0 aliphatic carbocycles. The number of nitrogens with zero attached hydrogens (tertiary/aromatic N) is 2. The van der Waals surface area contributed by atoms with Crippen LogP contribution in [-0.2, 0) is 10.5 Å². The van der Waals surface area contributed by atoms with Crippen molar-refractivity contribution in [1.82, 2.24) is 9.97 Å². The zero-order valence-corrected chi connectivity index (χ0v) is 12.1. The second-order valence-electron chi connectivity index (χ2n) is 3.98. The molecule has 7 heteroatoms. The van der Waals surface area contributed by atoms with Gasteiger partial charge in [0.25, 0.3) is 0 Å². The van der Waals surface area contributed by atoms with Crippen LogP contribution in [0, 0.1) is 6.92 Å². The van der Waals surface area contributed by atoms with Crippen LogP contribution < -0.4 is 5.73 Å². The Morgan fingerprint density at radius 3 is 3.00 bits per heavy atom. The number of carbonyl (C=O) groups excluding carboxylic acids is 1. The Kier molecular flexibility index (Phi) is 4.62. The molecule has 0 radical (unpaired) electrons. The Morgan fingerprint density at radius 2 is 2.30 bits per heavy atom. The highest BCUT2D eigenvalue weighted by atomic mass is 32.2. The summed E-state index contributed by atoms with van der Waals surface area (Å²) in [5.74, 6) is 1.01. The van der Waals surface area contributed by atoms with Crippen molar-refractivity contribution in [1.29, 1.82) is 0 Å². The number of aryl methyl sites for hydroxylation is 1. The van der Waals surface area contributed by atoms with E-state index in [1.54, 1.807) is 19.1 Å². The summed E-state index contributed by atoms with van der Waals surface area (Å²) in [6.45, 7) is 3.93. The molecule has 0 spiro atoms. The molecule has 0 amide bonds. The quantitative estimate of drug-likeness (QED) is 0.514. The molecule has 2 rings (SSSR count). The zero-order chi connectivity index (χ0) is 14.5. The fourth-order valence-corrected chi connectivity index (χ4v) is 2.46. The molecule has 0 saturated carbocycles. The summed E-state index contributed by atoms with van der Waals surface area (Å²) >= 11 is 1.35. The van der Waals surface area contributed by atoms with Gasteiger partial charge in [0, 0.05) is 11.8 Å². The predicted octanol–water partition coefficient (Wildman–Crippen LogP) is 2.43. The third kappa shape index (κ3) is 3.51. The number of esters is 1. The summed E-state index contributed by atoms with van der Waals surface area (Å²) < 4.78 is 10.3. The number of furan rings is 1. The number of anilines is 1. The lowest BCUT2D eigenvalue weighted by atomic mass is 10.3. The number of nitrogen functional groups attached to an aromatic ring is 1. The predicted molar refractivity (Wildman–Crippen MR) is 75.4 cm³/mol. The van der Waals surface area contributed by atoms with E-state index in [-0.39, 0.29) is 5.97 Å².